The van der Waals surface area contributed by atoms with Gasteiger partial charge in [0.05, 0.1) is 6.61 Å². The van der Waals surface area contributed by atoms with Gasteiger partial charge in [-0.3, -0.25) is 0 Å². The summed E-state index contributed by atoms with van der Waals surface area (Å²) in [6.45, 7) is 0.0481. The molecule has 0 saturated heterocycles. The molecule has 2 rings (SSSR count). The third-order valence-corrected chi connectivity index (χ3v) is 2.75. The summed E-state index contributed by atoms with van der Waals surface area (Å²) < 4.78 is 39.5. The van der Waals surface area contributed by atoms with Crippen molar-refractivity contribution in [3.8, 4) is 0 Å². The molecule has 0 radical (unpaired) electrons. The Bertz CT molecular complexity index is 367. The smallest absolute Gasteiger partial charge is 0.132 e. The molecule has 0 bridgehead atoms. The largest absolute Gasteiger partial charge is 0.304 e. The number of hydrogen-bond acceptors (Lipinski definition) is 2. The first-order valence-electron chi connectivity index (χ1n) is 4.56. The number of hydrogen-bond donors (Lipinski definition) is 1. The molecule has 0 atom stereocenters. The third kappa shape index (κ3) is 1.72. The maximum atomic E-state index is 13.4. The lowest BCUT2D eigenvalue weighted by Crippen LogP contribution is -2.21. The molecule has 1 aliphatic rings. The Morgan fingerprint density at radius 2 is 1.73 bits per heavy atom. The molecule has 0 aromatic heterocycles. The summed E-state index contributed by atoms with van der Waals surface area (Å²) in [6.07, 6.45) is 1.20. The van der Waals surface area contributed by atoms with Crippen molar-refractivity contribution in [1.29, 1.82) is 0 Å². The molecule has 0 amide bonds. The Hall–Kier alpha value is -1.07. The molecule has 1 fully saturated rings. The van der Waals surface area contributed by atoms with Crippen LogP contribution in [0.25, 0.3) is 0 Å². The molecule has 1 aliphatic carbocycles. The lowest BCUT2D eigenvalue weighted by atomic mass is 9.95. The summed E-state index contributed by atoms with van der Waals surface area (Å²) in [4.78, 5) is 4.44. The SMILES string of the molecule is NOCC1(c2c(F)cc(F)cc2F)CC1. The van der Waals surface area contributed by atoms with Gasteiger partial charge in [-0.2, -0.15) is 0 Å². The molecule has 2 nitrogen and oxygen atoms in total. The van der Waals surface area contributed by atoms with Crippen molar-refractivity contribution in [3.05, 3.63) is 35.1 Å². The van der Waals surface area contributed by atoms with Gasteiger partial charge < -0.3 is 4.84 Å². The minimum atomic E-state index is -0.918. The van der Waals surface area contributed by atoms with Crippen molar-refractivity contribution < 1.29 is 18.0 Å². The van der Waals surface area contributed by atoms with E-state index in [1.165, 1.54) is 0 Å². The first kappa shape index (κ1) is 10.4. The highest BCUT2D eigenvalue weighted by atomic mass is 19.1. The van der Waals surface area contributed by atoms with E-state index in [4.69, 9.17) is 5.90 Å². The first-order valence-corrected chi connectivity index (χ1v) is 4.56. The van der Waals surface area contributed by atoms with Crippen LogP contribution < -0.4 is 5.90 Å². The zero-order valence-corrected chi connectivity index (χ0v) is 7.90. The van der Waals surface area contributed by atoms with E-state index in [0.29, 0.717) is 25.0 Å². The van der Waals surface area contributed by atoms with Crippen LogP contribution in [0.3, 0.4) is 0 Å². The fourth-order valence-electron chi connectivity index (χ4n) is 1.83. The van der Waals surface area contributed by atoms with Crippen LogP contribution in [-0.2, 0) is 10.3 Å². The Morgan fingerprint density at radius 3 is 2.13 bits per heavy atom. The van der Waals surface area contributed by atoms with Crippen molar-refractivity contribution in [2.24, 2.45) is 5.90 Å². The van der Waals surface area contributed by atoms with Gasteiger partial charge >= 0.3 is 0 Å². The molecule has 5 heteroatoms. The average molecular weight is 217 g/mol. The number of halogens is 3. The number of nitrogens with two attached hydrogens (primary N) is 1. The molecule has 0 unspecified atom stereocenters. The van der Waals surface area contributed by atoms with Gasteiger partial charge in [0.15, 0.2) is 0 Å². The van der Waals surface area contributed by atoms with Crippen molar-refractivity contribution in [1.82, 2.24) is 0 Å². The van der Waals surface area contributed by atoms with Gasteiger partial charge in [0.25, 0.3) is 0 Å². The lowest BCUT2D eigenvalue weighted by molar-refractivity contribution is 0.114. The topological polar surface area (TPSA) is 35.2 Å². The minimum absolute atomic E-state index is 0.0481. The zero-order valence-electron chi connectivity index (χ0n) is 7.90. The van der Waals surface area contributed by atoms with E-state index in [2.05, 4.69) is 4.84 Å². The fraction of sp³-hybridized carbons (Fsp3) is 0.400. The molecule has 0 spiro atoms. The summed E-state index contributed by atoms with van der Waals surface area (Å²) in [5.41, 5.74) is -0.814. The van der Waals surface area contributed by atoms with Gasteiger partial charge in [-0.05, 0) is 12.8 Å². The Balaban J connectivity index is 2.44. The Kier molecular flexibility index (Phi) is 2.44. The van der Waals surface area contributed by atoms with Crippen LogP contribution in [0.5, 0.6) is 0 Å². The van der Waals surface area contributed by atoms with Gasteiger partial charge in [-0.15, -0.1) is 0 Å². The summed E-state index contributed by atoms with van der Waals surface area (Å²) in [5.74, 6) is 2.24. The molecule has 82 valence electrons. The molecule has 0 heterocycles. The molecular formula is C10H10F3NO. The summed E-state index contributed by atoms with van der Waals surface area (Å²) in [7, 11) is 0. The van der Waals surface area contributed by atoms with Gasteiger partial charge in [0, 0.05) is 23.1 Å². The molecule has 1 aromatic rings. The Labute approximate surface area is 84.8 Å². The second kappa shape index (κ2) is 3.50. The van der Waals surface area contributed by atoms with Crippen molar-refractivity contribution in [2.75, 3.05) is 6.61 Å². The molecule has 15 heavy (non-hydrogen) atoms. The van der Waals surface area contributed by atoms with E-state index in [9.17, 15) is 13.2 Å². The first-order chi connectivity index (χ1) is 7.09. The monoisotopic (exact) mass is 217 g/mol. The van der Waals surface area contributed by atoms with Crippen LogP contribution >= 0.6 is 0 Å². The highest BCUT2D eigenvalue weighted by Gasteiger charge is 2.48. The summed E-state index contributed by atoms with van der Waals surface area (Å²) >= 11 is 0. The third-order valence-electron chi connectivity index (χ3n) is 2.75. The summed E-state index contributed by atoms with van der Waals surface area (Å²) in [6, 6.07) is 1.35. The van der Waals surface area contributed by atoms with Crippen LogP contribution in [0.4, 0.5) is 13.2 Å². The van der Waals surface area contributed by atoms with E-state index in [-0.39, 0.29) is 12.2 Å². The van der Waals surface area contributed by atoms with Crippen molar-refractivity contribution >= 4 is 0 Å². The highest BCUT2D eigenvalue weighted by Crippen LogP contribution is 2.50. The number of rotatable bonds is 3. The maximum Gasteiger partial charge on any atom is 0.132 e. The molecule has 0 aliphatic heterocycles. The van der Waals surface area contributed by atoms with Crippen LogP contribution in [0.2, 0.25) is 0 Å². The molecule has 1 aromatic carbocycles. The zero-order chi connectivity index (χ0) is 11.1. The van der Waals surface area contributed by atoms with Crippen LogP contribution in [0, 0.1) is 17.5 Å². The van der Waals surface area contributed by atoms with Crippen molar-refractivity contribution in [3.63, 3.8) is 0 Å². The quantitative estimate of drug-likeness (QED) is 0.786. The van der Waals surface area contributed by atoms with Gasteiger partial charge in [0.1, 0.15) is 17.5 Å². The molecule has 1 saturated carbocycles. The second-order valence-corrected chi connectivity index (χ2v) is 3.84. The van der Waals surface area contributed by atoms with Gasteiger partial charge in [-0.1, -0.05) is 0 Å². The second-order valence-electron chi connectivity index (χ2n) is 3.84. The summed E-state index contributed by atoms with van der Waals surface area (Å²) in [5, 5.41) is 0. The molecule has 2 N–H and O–H groups in total. The van der Waals surface area contributed by atoms with Crippen molar-refractivity contribution in [2.45, 2.75) is 18.3 Å². The van der Waals surface area contributed by atoms with Gasteiger partial charge in [-0.25, -0.2) is 19.1 Å². The van der Waals surface area contributed by atoms with E-state index in [1.54, 1.807) is 0 Å². The van der Waals surface area contributed by atoms with E-state index < -0.39 is 22.9 Å². The van der Waals surface area contributed by atoms with Crippen LogP contribution in [0.15, 0.2) is 12.1 Å². The van der Waals surface area contributed by atoms with Crippen LogP contribution in [0.1, 0.15) is 18.4 Å². The fourth-order valence-corrected chi connectivity index (χ4v) is 1.83. The standard InChI is InChI=1S/C10H10F3NO/c11-6-3-7(12)9(8(13)4-6)10(1-2-10)5-15-14/h3-4H,1-2,5,14H2. The van der Waals surface area contributed by atoms with E-state index >= 15 is 0 Å². The minimum Gasteiger partial charge on any atom is -0.304 e. The predicted molar refractivity (Wildman–Crippen MR) is 47.4 cm³/mol. The lowest BCUT2D eigenvalue weighted by Gasteiger charge is -2.15. The van der Waals surface area contributed by atoms with E-state index in [1.807, 2.05) is 0 Å². The van der Waals surface area contributed by atoms with Crippen LogP contribution in [-0.4, -0.2) is 6.61 Å². The normalized spacial score (nSPS) is 17.9. The van der Waals surface area contributed by atoms with Gasteiger partial charge in [0.2, 0.25) is 0 Å². The Morgan fingerprint density at radius 1 is 1.20 bits per heavy atom. The number of benzene rings is 1. The predicted octanol–water partition coefficient (Wildman–Crippen LogP) is 2.03. The average Bonchev–Trinajstić information content (AvgIpc) is 2.83. The molecular weight excluding hydrogens is 207 g/mol. The highest BCUT2D eigenvalue weighted by molar-refractivity contribution is 5.34. The van der Waals surface area contributed by atoms with E-state index in [0.717, 1.165) is 0 Å². The maximum absolute atomic E-state index is 13.4.